The number of hydrogen-bond donors (Lipinski definition) is 3. The highest BCUT2D eigenvalue weighted by atomic mass is 32.1. The highest BCUT2D eigenvalue weighted by Gasteiger charge is 2.12. The lowest BCUT2D eigenvalue weighted by atomic mass is 10.1. The molecule has 2 heterocycles. The first-order valence-electron chi connectivity index (χ1n) is 7.77. The average Bonchev–Trinajstić information content (AvgIpc) is 3.27. The first-order valence-corrected chi connectivity index (χ1v) is 8.65. The van der Waals surface area contributed by atoms with Gasteiger partial charge in [0.2, 0.25) is 0 Å². The number of aromatic amines is 1. The second-order valence-electron chi connectivity index (χ2n) is 5.39. The van der Waals surface area contributed by atoms with E-state index < -0.39 is 0 Å². The summed E-state index contributed by atoms with van der Waals surface area (Å²) in [6, 6.07) is 9.10. The minimum absolute atomic E-state index is 0.134. The number of amides is 2. The van der Waals surface area contributed by atoms with E-state index in [9.17, 15) is 4.79 Å². The molecule has 0 spiro atoms. The van der Waals surface area contributed by atoms with Gasteiger partial charge in [0.1, 0.15) is 0 Å². The molecule has 1 aromatic carbocycles. The van der Waals surface area contributed by atoms with Gasteiger partial charge in [-0.05, 0) is 37.1 Å². The van der Waals surface area contributed by atoms with Crippen molar-refractivity contribution >= 4 is 23.1 Å². The smallest absolute Gasteiger partial charge is 0.319 e. The second kappa shape index (κ2) is 7.27. The Morgan fingerprint density at radius 1 is 1.29 bits per heavy atom. The molecule has 3 N–H and O–H groups in total. The Morgan fingerprint density at radius 3 is 2.71 bits per heavy atom. The Bertz CT molecular complexity index is 795. The Labute approximate surface area is 144 Å². The number of aromatic nitrogens is 3. The summed E-state index contributed by atoms with van der Waals surface area (Å²) in [5.74, 6) is 0. The van der Waals surface area contributed by atoms with E-state index in [2.05, 4.69) is 32.7 Å². The molecule has 3 aromatic rings. The van der Waals surface area contributed by atoms with Crippen LogP contribution in [0, 0.1) is 0 Å². The number of anilines is 1. The molecule has 124 valence electrons. The molecule has 0 saturated heterocycles. The Balaban J connectivity index is 1.58. The van der Waals surface area contributed by atoms with Crippen molar-refractivity contribution in [2.24, 2.45) is 0 Å². The normalized spacial score (nSPS) is 11.9. The summed E-state index contributed by atoms with van der Waals surface area (Å²) in [5.41, 5.74) is 3.58. The molecule has 0 unspecified atom stereocenters. The minimum atomic E-state index is -0.247. The van der Waals surface area contributed by atoms with Gasteiger partial charge in [-0.25, -0.2) is 9.78 Å². The van der Waals surface area contributed by atoms with Crippen molar-refractivity contribution in [2.75, 3.05) is 5.32 Å². The van der Waals surface area contributed by atoms with Crippen molar-refractivity contribution in [1.29, 1.82) is 0 Å². The fourth-order valence-electron chi connectivity index (χ4n) is 2.27. The molecule has 0 saturated carbocycles. The zero-order valence-electron chi connectivity index (χ0n) is 13.5. The zero-order valence-corrected chi connectivity index (χ0v) is 14.4. The van der Waals surface area contributed by atoms with Crippen LogP contribution in [0.5, 0.6) is 0 Å². The monoisotopic (exact) mass is 341 g/mol. The first kappa shape index (κ1) is 16.2. The van der Waals surface area contributed by atoms with Crippen LogP contribution in [0.1, 0.15) is 30.6 Å². The zero-order chi connectivity index (χ0) is 16.9. The molecule has 0 fully saturated rings. The first-order chi connectivity index (χ1) is 11.7. The standard InChI is InChI=1S/C17H19N5OS/c1-3-16-21-15(10-24-16)11(2)19-17(23)20-13-6-4-12(5-7-13)14-8-9-18-22-14/h4-11H,3H2,1-2H3,(H,18,22)(H2,19,20,23)/t11-/m0/s1. The number of nitrogens with one attached hydrogen (secondary N) is 3. The molecule has 0 aliphatic rings. The number of H-pyrrole nitrogens is 1. The van der Waals surface area contributed by atoms with E-state index in [0.717, 1.165) is 34.1 Å². The van der Waals surface area contributed by atoms with Gasteiger partial charge in [-0.3, -0.25) is 5.10 Å². The quantitative estimate of drug-likeness (QED) is 0.656. The predicted octanol–water partition coefficient (Wildman–Crippen LogP) is 3.98. The third kappa shape index (κ3) is 3.80. The highest BCUT2D eigenvalue weighted by molar-refractivity contribution is 7.09. The summed E-state index contributed by atoms with van der Waals surface area (Å²) in [7, 11) is 0. The van der Waals surface area contributed by atoms with Gasteiger partial charge >= 0.3 is 6.03 Å². The summed E-state index contributed by atoms with van der Waals surface area (Å²) >= 11 is 1.62. The van der Waals surface area contributed by atoms with Crippen LogP contribution in [0.25, 0.3) is 11.3 Å². The van der Waals surface area contributed by atoms with Crippen molar-refractivity contribution in [3.05, 3.63) is 52.6 Å². The van der Waals surface area contributed by atoms with E-state index in [1.54, 1.807) is 17.5 Å². The number of benzene rings is 1. The van der Waals surface area contributed by atoms with E-state index in [-0.39, 0.29) is 12.1 Å². The molecule has 1 atom stereocenters. The number of nitrogens with zero attached hydrogens (tertiary/aromatic N) is 2. The fraction of sp³-hybridized carbons (Fsp3) is 0.235. The van der Waals surface area contributed by atoms with E-state index >= 15 is 0 Å². The van der Waals surface area contributed by atoms with E-state index in [0.29, 0.717) is 0 Å². The molecule has 6 nitrogen and oxygen atoms in total. The summed E-state index contributed by atoms with van der Waals surface area (Å²) in [6.45, 7) is 4.00. The summed E-state index contributed by atoms with van der Waals surface area (Å²) in [6.07, 6.45) is 2.62. The molecule has 0 radical (unpaired) electrons. The van der Waals surface area contributed by atoms with Crippen LogP contribution in [0.2, 0.25) is 0 Å². The van der Waals surface area contributed by atoms with Crippen molar-refractivity contribution in [2.45, 2.75) is 26.3 Å². The number of rotatable bonds is 5. The maximum Gasteiger partial charge on any atom is 0.319 e. The van der Waals surface area contributed by atoms with Gasteiger partial charge in [0.05, 0.1) is 22.4 Å². The number of hydrogen-bond acceptors (Lipinski definition) is 4. The number of aryl methyl sites for hydroxylation is 1. The maximum atomic E-state index is 12.1. The third-order valence-corrected chi connectivity index (χ3v) is 4.63. The lowest BCUT2D eigenvalue weighted by molar-refractivity contribution is 0.249. The number of carbonyl (C=O) groups excluding carboxylic acids is 1. The number of urea groups is 1. The van der Waals surface area contributed by atoms with Gasteiger partial charge in [-0.15, -0.1) is 11.3 Å². The van der Waals surface area contributed by atoms with Crippen LogP contribution >= 0.6 is 11.3 Å². The van der Waals surface area contributed by atoms with Crippen molar-refractivity contribution in [1.82, 2.24) is 20.5 Å². The van der Waals surface area contributed by atoms with Crippen LogP contribution in [0.15, 0.2) is 41.9 Å². The molecular weight excluding hydrogens is 322 g/mol. The third-order valence-electron chi connectivity index (χ3n) is 3.62. The summed E-state index contributed by atoms with van der Waals surface area (Å²) < 4.78 is 0. The SMILES string of the molecule is CCc1nc([C@H](C)NC(=O)Nc2ccc(-c3ccn[nH]3)cc2)cs1. The minimum Gasteiger partial charge on any atom is -0.330 e. The highest BCUT2D eigenvalue weighted by Crippen LogP contribution is 2.20. The van der Waals surface area contributed by atoms with Gasteiger partial charge in [-0.2, -0.15) is 5.10 Å². The van der Waals surface area contributed by atoms with Crippen LogP contribution in [-0.4, -0.2) is 21.2 Å². The topological polar surface area (TPSA) is 82.7 Å². The maximum absolute atomic E-state index is 12.1. The molecule has 24 heavy (non-hydrogen) atoms. The number of thiazole rings is 1. The van der Waals surface area contributed by atoms with E-state index in [1.165, 1.54) is 0 Å². The van der Waals surface area contributed by atoms with Crippen LogP contribution in [-0.2, 0) is 6.42 Å². The molecular formula is C17H19N5OS. The van der Waals surface area contributed by atoms with Crippen molar-refractivity contribution in [3.8, 4) is 11.3 Å². The molecule has 0 aliphatic heterocycles. The van der Waals surface area contributed by atoms with Crippen LogP contribution < -0.4 is 10.6 Å². The molecule has 0 aliphatic carbocycles. The molecule has 2 amide bonds. The molecule has 2 aromatic heterocycles. The lowest BCUT2D eigenvalue weighted by Gasteiger charge is -2.13. The molecule has 3 rings (SSSR count). The van der Waals surface area contributed by atoms with Gasteiger partial charge in [-0.1, -0.05) is 19.1 Å². The Kier molecular flexibility index (Phi) is 4.90. The molecule has 0 bridgehead atoms. The summed E-state index contributed by atoms with van der Waals surface area (Å²) in [5, 5.41) is 15.6. The molecule has 7 heteroatoms. The largest absolute Gasteiger partial charge is 0.330 e. The van der Waals surface area contributed by atoms with E-state index in [1.807, 2.05) is 42.6 Å². The van der Waals surface area contributed by atoms with Crippen LogP contribution in [0.3, 0.4) is 0 Å². The number of carbonyl (C=O) groups is 1. The van der Waals surface area contributed by atoms with Gasteiger partial charge in [0.25, 0.3) is 0 Å². The fourth-order valence-corrected chi connectivity index (χ4v) is 3.11. The predicted molar refractivity (Wildman–Crippen MR) is 96.1 cm³/mol. The Hall–Kier alpha value is -2.67. The lowest BCUT2D eigenvalue weighted by Crippen LogP contribution is -2.31. The average molecular weight is 341 g/mol. The Morgan fingerprint density at radius 2 is 2.08 bits per heavy atom. The summed E-state index contributed by atoms with van der Waals surface area (Å²) in [4.78, 5) is 16.6. The van der Waals surface area contributed by atoms with Crippen molar-refractivity contribution < 1.29 is 4.79 Å². The van der Waals surface area contributed by atoms with Gasteiger partial charge in [0.15, 0.2) is 0 Å². The van der Waals surface area contributed by atoms with Crippen LogP contribution in [0.4, 0.5) is 10.5 Å². The van der Waals surface area contributed by atoms with Crippen molar-refractivity contribution in [3.63, 3.8) is 0 Å². The van der Waals surface area contributed by atoms with E-state index in [4.69, 9.17) is 0 Å². The van der Waals surface area contributed by atoms with Gasteiger partial charge in [0, 0.05) is 17.3 Å². The second-order valence-corrected chi connectivity index (χ2v) is 6.33. The van der Waals surface area contributed by atoms with Gasteiger partial charge < -0.3 is 10.6 Å².